The number of hydrogen-bond acceptors (Lipinski definition) is 7. The molecule has 2 rings (SSSR count). The number of nitrogens with zero attached hydrogens (tertiary/aromatic N) is 2. The van der Waals surface area contributed by atoms with E-state index >= 15 is 0 Å². The second-order valence-electron chi connectivity index (χ2n) is 3.88. The predicted molar refractivity (Wildman–Crippen MR) is 67.2 cm³/mol. The molecule has 6 nitrogen and oxygen atoms in total. The molecule has 1 saturated heterocycles. The lowest BCUT2D eigenvalue weighted by Crippen LogP contribution is -2.19. The van der Waals surface area contributed by atoms with Gasteiger partial charge in [-0.15, -0.1) is 5.10 Å². The lowest BCUT2D eigenvalue weighted by Gasteiger charge is -2.06. The summed E-state index contributed by atoms with van der Waals surface area (Å²) in [5, 5.41) is 14.3. The van der Waals surface area contributed by atoms with Crippen LogP contribution in [0.1, 0.15) is 12.3 Å². The largest absolute Gasteiger partial charge is 0.407 e. The molecule has 0 bridgehead atoms. The van der Waals surface area contributed by atoms with E-state index in [-0.39, 0.29) is 0 Å². The first-order valence-corrected chi connectivity index (χ1v) is 6.90. The number of aromatic nitrogens is 2. The molecule has 1 aliphatic rings. The van der Waals surface area contributed by atoms with E-state index in [1.165, 1.54) is 5.75 Å². The van der Waals surface area contributed by atoms with Crippen LogP contribution in [-0.2, 0) is 11.3 Å². The summed E-state index contributed by atoms with van der Waals surface area (Å²) in [5.41, 5.74) is 0. The van der Waals surface area contributed by atoms with Gasteiger partial charge in [0.1, 0.15) is 0 Å². The van der Waals surface area contributed by atoms with Crippen molar-refractivity contribution in [1.29, 1.82) is 0 Å². The van der Waals surface area contributed by atoms with E-state index in [9.17, 15) is 0 Å². The summed E-state index contributed by atoms with van der Waals surface area (Å²) in [7, 11) is 1.68. The van der Waals surface area contributed by atoms with E-state index < -0.39 is 0 Å². The van der Waals surface area contributed by atoms with E-state index in [0.29, 0.717) is 31.1 Å². The monoisotopic (exact) mass is 258 g/mol. The lowest BCUT2D eigenvalue weighted by atomic mass is 10.3. The second-order valence-corrected chi connectivity index (χ2v) is 5.03. The van der Waals surface area contributed by atoms with Crippen molar-refractivity contribution < 1.29 is 9.15 Å². The summed E-state index contributed by atoms with van der Waals surface area (Å²) in [5.74, 6) is 2.93. The van der Waals surface area contributed by atoms with Crippen molar-refractivity contribution in [2.45, 2.75) is 19.0 Å². The number of ether oxygens (including phenoxy) is 1. The first-order chi connectivity index (χ1) is 8.38. The Balaban J connectivity index is 1.71. The van der Waals surface area contributed by atoms with Crippen molar-refractivity contribution in [3.05, 3.63) is 5.89 Å². The Bertz CT molecular complexity index is 328. The molecule has 1 aromatic rings. The normalized spacial score (nSPS) is 19.7. The molecule has 7 heteroatoms. The van der Waals surface area contributed by atoms with E-state index in [0.717, 1.165) is 18.7 Å². The zero-order valence-electron chi connectivity index (χ0n) is 9.94. The highest BCUT2D eigenvalue weighted by Crippen LogP contribution is 2.20. The highest BCUT2D eigenvalue weighted by Gasteiger charge is 2.17. The molecule has 96 valence electrons. The van der Waals surface area contributed by atoms with E-state index in [2.05, 4.69) is 20.8 Å². The van der Waals surface area contributed by atoms with Crippen molar-refractivity contribution in [2.75, 3.05) is 37.1 Å². The summed E-state index contributed by atoms with van der Waals surface area (Å²) in [6.07, 6.45) is 1.16. The molecule has 1 atom stereocenters. The molecule has 2 N–H and O–H groups in total. The maximum Gasteiger partial charge on any atom is 0.315 e. The lowest BCUT2D eigenvalue weighted by molar-refractivity contribution is 0.198. The van der Waals surface area contributed by atoms with Crippen molar-refractivity contribution in [3.8, 4) is 0 Å². The number of methoxy groups -OCH3 is 1. The molecule has 0 spiro atoms. The molecule has 0 amide bonds. The molecule has 1 aromatic heterocycles. The van der Waals surface area contributed by atoms with Gasteiger partial charge in [-0.1, -0.05) is 5.10 Å². The summed E-state index contributed by atoms with van der Waals surface area (Å²) >= 11 is 1.95. The maximum absolute atomic E-state index is 5.48. The van der Waals surface area contributed by atoms with Crippen LogP contribution in [0.3, 0.4) is 0 Å². The third-order valence-electron chi connectivity index (χ3n) is 2.48. The summed E-state index contributed by atoms with van der Waals surface area (Å²) in [4.78, 5) is 0. The van der Waals surface area contributed by atoms with Crippen molar-refractivity contribution in [1.82, 2.24) is 15.5 Å². The Hall–Kier alpha value is -0.790. The maximum atomic E-state index is 5.48. The molecule has 1 aliphatic heterocycles. The van der Waals surface area contributed by atoms with Gasteiger partial charge in [-0.25, -0.2) is 0 Å². The Morgan fingerprint density at radius 3 is 3.24 bits per heavy atom. The van der Waals surface area contributed by atoms with Crippen LogP contribution < -0.4 is 10.6 Å². The van der Waals surface area contributed by atoms with E-state index in [1.807, 2.05) is 11.8 Å². The fourth-order valence-electron chi connectivity index (χ4n) is 1.58. The standard InChI is InChI=1S/C10H18N4O2S/c1-15-4-3-11-6-9-13-14-10(16-9)12-8-2-5-17-7-8/h8,11H,2-7H2,1H3,(H,12,14). The first kappa shape index (κ1) is 12.7. The summed E-state index contributed by atoms with van der Waals surface area (Å²) < 4.78 is 10.4. The Morgan fingerprint density at radius 1 is 1.53 bits per heavy atom. The molecular formula is C10H18N4O2S. The zero-order valence-corrected chi connectivity index (χ0v) is 10.8. The third-order valence-corrected chi connectivity index (χ3v) is 3.65. The molecule has 0 saturated carbocycles. The molecule has 1 unspecified atom stereocenters. The number of anilines is 1. The van der Waals surface area contributed by atoms with Crippen LogP contribution in [0.25, 0.3) is 0 Å². The van der Waals surface area contributed by atoms with Crippen molar-refractivity contribution >= 4 is 17.8 Å². The van der Waals surface area contributed by atoms with Gasteiger partial charge in [0, 0.05) is 25.4 Å². The van der Waals surface area contributed by atoms with Gasteiger partial charge in [0.2, 0.25) is 5.89 Å². The molecular weight excluding hydrogens is 240 g/mol. The summed E-state index contributed by atoms with van der Waals surface area (Å²) in [6, 6.07) is 0.996. The Morgan fingerprint density at radius 2 is 2.47 bits per heavy atom. The number of rotatable bonds is 7. The quantitative estimate of drug-likeness (QED) is 0.698. The van der Waals surface area contributed by atoms with Crippen LogP contribution in [0.5, 0.6) is 0 Å². The number of nitrogens with one attached hydrogen (secondary N) is 2. The fraction of sp³-hybridized carbons (Fsp3) is 0.800. The minimum absolute atomic E-state index is 0.467. The minimum Gasteiger partial charge on any atom is -0.407 e. The molecule has 0 radical (unpaired) electrons. The predicted octanol–water partition coefficient (Wildman–Crippen LogP) is 0.723. The van der Waals surface area contributed by atoms with E-state index in [1.54, 1.807) is 7.11 Å². The van der Waals surface area contributed by atoms with Crippen LogP contribution >= 0.6 is 11.8 Å². The van der Waals surface area contributed by atoms with Gasteiger partial charge >= 0.3 is 6.01 Å². The second kappa shape index (κ2) is 6.83. The van der Waals surface area contributed by atoms with Gasteiger partial charge in [0.05, 0.1) is 13.2 Å². The smallest absolute Gasteiger partial charge is 0.315 e. The van der Waals surface area contributed by atoms with Crippen LogP contribution in [0.15, 0.2) is 4.42 Å². The molecule has 0 aromatic carbocycles. The average Bonchev–Trinajstić information content (AvgIpc) is 2.97. The summed E-state index contributed by atoms with van der Waals surface area (Å²) in [6.45, 7) is 2.04. The van der Waals surface area contributed by atoms with Crippen LogP contribution in [-0.4, -0.2) is 48.0 Å². The topological polar surface area (TPSA) is 72.2 Å². The third kappa shape index (κ3) is 4.18. The molecule has 0 aliphatic carbocycles. The van der Waals surface area contributed by atoms with Crippen molar-refractivity contribution in [2.24, 2.45) is 0 Å². The Labute approximate surface area is 105 Å². The highest BCUT2D eigenvalue weighted by atomic mass is 32.2. The first-order valence-electron chi connectivity index (χ1n) is 5.75. The van der Waals surface area contributed by atoms with Gasteiger partial charge in [0.25, 0.3) is 0 Å². The van der Waals surface area contributed by atoms with Crippen LogP contribution in [0.2, 0.25) is 0 Å². The van der Waals surface area contributed by atoms with Gasteiger partial charge in [-0.2, -0.15) is 11.8 Å². The SMILES string of the molecule is COCCNCc1nnc(NC2CCSC2)o1. The number of thioether (sulfide) groups is 1. The van der Waals surface area contributed by atoms with Gasteiger partial charge < -0.3 is 19.8 Å². The molecule has 2 heterocycles. The van der Waals surface area contributed by atoms with E-state index in [4.69, 9.17) is 9.15 Å². The zero-order chi connectivity index (χ0) is 11.9. The van der Waals surface area contributed by atoms with Gasteiger partial charge in [0.15, 0.2) is 0 Å². The average molecular weight is 258 g/mol. The minimum atomic E-state index is 0.467. The van der Waals surface area contributed by atoms with Crippen LogP contribution in [0.4, 0.5) is 6.01 Å². The van der Waals surface area contributed by atoms with Gasteiger partial charge in [-0.05, 0) is 12.2 Å². The van der Waals surface area contributed by atoms with Crippen LogP contribution in [0, 0.1) is 0 Å². The van der Waals surface area contributed by atoms with Gasteiger partial charge in [-0.3, -0.25) is 0 Å². The Kier molecular flexibility index (Phi) is 5.08. The fourth-order valence-corrected chi connectivity index (χ4v) is 2.73. The molecule has 17 heavy (non-hydrogen) atoms. The molecule has 1 fully saturated rings. The number of hydrogen-bond donors (Lipinski definition) is 2. The van der Waals surface area contributed by atoms with Crippen molar-refractivity contribution in [3.63, 3.8) is 0 Å². The highest BCUT2D eigenvalue weighted by molar-refractivity contribution is 7.99.